The summed E-state index contributed by atoms with van der Waals surface area (Å²) in [6.07, 6.45) is 1.00. The minimum atomic E-state index is -0.148. The molecule has 4 heteroatoms. The van der Waals surface area contributed by atoms with E-state index in [2.05, 4.69) is 22.3 Å². The predicted molar refractivity (Wildman–Crippen MR) is 54.1 cm³/mol. The molecule has 0 saturated carbocycles. The van der Waals surface area contributed by atoms with Gasteiger partial charge >= 0.3 is 0 Å². The number of rotatable bonds is 6. The first-order valence-electron chi connectivity index (χ1n) is 4.37. The normalized spacial score (nSPS) is 10.2. The standard InChI is InChI=1S/C9H19N3O/c1-8(2)9(13)11-10-6-5-7-12(3)4/h10H,1,5-7H2,2-4H3,(H,11,13). The van der Waals surface area contributed by atoms with Crippen molar-refractivity contribution in [3.8, 4) is 0 Å². The molecule has 0 atom stereocenters. The Bertz CT molecular complexity index is 178. The van der Waals surface area contributed by atoms with E-state index in [4.69, 9.17) is 0 Å². The van der Waals surface area contributed by atoms with Crippen molar-refractivity contribution in [1.82, 2.24) is 15.8 Å². The Kier molecular flexibility index (Phi) is 6.18. The number of nitrogens with zero attached hydrogens (tertiary/aromatic N) is 1. The molecule has 0 radical (unpaired) electrons. The summed E-state index contributed by atoms with van der Waals surface area (Å²) in [5, 5.41) is 0. The van der Waals surface area contributed by atoms with Crippen LogP contribution in [0.4, 0.5) is 0 Å². The van der Waals surface area contributed by atoms with Crippen LogP contribution in [0.3, 0.4) is 0 Å². The molecule has 0 bridgehead atoms. The van der Waals surface area contributed by atoms with Crippen molar-refractivity contribution >= 4 is 5.91 Å². The van der Waals surface area contributed by atoms with Crippen LogP contribution < -0.4 is 10.9 Å². The summed E-state index contributed by atoms with van der Waals surface area (Å²) in [6, 6.07) is 0. The Balaban J connectivity index is 3.26. The second-order valence-electron chi connectivity index (χ2n) is 3.32. The number of hydrogen-bond acceptors (Lipinski definition) is 3. The van der Waals surface area contributed by atoms with Gasteiger partial charge in [-0.3, -0.25) is 10.2 Å². The van der Waals surface area contributed by atoms with Gasteiger partial charge in [0.2, 0.25) is 0 Å². The number of hydrazine groups is 1. The molecule has 4 nitrogen and oxygen atoms in total. The van der Waals surface area contributed by atoms with Crippen molar-refractivity contribution in [3.63, 3.8) is 0 Å². The molecule has 0 fully saturated rings. The van der Waals surface area contributed by atoms with Gasteiger partial charge in [-0.15, -0.1) is 0 Å². The quantitative estimate of drug-likeness (QED) is 0.351. The Labute approximate surface area is 80.0 Å². The summed E-state index contributed by atoms with van der Waals surface area (Å²) in [7, 11) is 4.04. The van der Waals surface area contributed by atoms with Gasteiger partial charge in [-0.1, -0.05) is 6.58 Å². The molecule has 0 saturated heterocycles. The van der Waals surface area contributed by atoms with Gasteiger partial charge in [0.05, 0.1) is 0 Å². The molecule has 0 aliphatic carbocycles. The number of carbonyl (C=O) groups excluding carboxylic acids is 1. The fraction of sp³-hybridized carbons (Fsp3) is 0.667. The van der Waals surface area contributed by atoms with Crippen molar-refractivity contribution in [1.29, 1.82) is 0 Å². The maximum atomic E-state index is 11.0. The van der Waals surface area contributed by atoms with Crippen molar-refractivity contribution in [2.75, 3.05) is 27.2 Å². The topological polar surface area (TPSA) is 44.4 Å². The molecule has 0 heterocycles. The van der Waals surface area contributed by atoms with Crippen molar-refractivity contribution in [2.24, 2.45) is 0 Å². The molecular weight excluding hydrogens is 166 g/mol. The van der Waals surface area contributed by atoms with Crippen LogP contribution in [0.2, 0.25) is 0 Å². The van der Waals surface area contributed by atoms with E-state index in [9.17, 15) is 4.79 Å². The number of nitrogens with one attached hydrogen (secondary N) is 2. The summed E-state index contributed by atoms with van der Waals surface area (Å²) in [5.74, 6) is -0.148. The second-order valence-corrected chi connectivity index (χ2v) is 3.32. The zero-order valence-electron chi connectivity index (χ0n) is 8.68. The average Bonchev–Trinajstić information content (AvgIpc) is 2.02. The van der Waals surface area contributed by atoms with Crippen LogP contribution in [-0.4, -0.2) is 38.0 Å². The van der Waals surface area contributed by atoms with Gasteiger partial charge in [-0.25, -0.2) is 5.43 Å². The molecule has 0 aliphatic rings. The monoisotopic (exact) mass is 185 g/mol. The third-order valence-electron chi connectivity index (χ3n) is 1.50. The largest absolute Gasteiger partial charge is 0.309 e. The van der Waals surface area contributed by atoms with E-state index in [1.807, 2.05) is 14.1 Å². The molecule has 0 unspecified atom stereocenters. The van der Waals surface area contributed by atoms with Gasteiger partial charge in [0, 0.05) is 12.1 Å². The molecule has 13 heavy (non-hydrogen) atoms. The van der Waals surface area contributed by atoms with Crippen LogP contribution in [0, 0.1) is 0 Å². The Morgan fingerprint density at radius 1 is 1.46 bits per heavy atom. The van der Waals surface area contributed by atoms with E-state index < -0.39 is 0 Å². The molecule has 76 valence electrons. The second kappa shape index (κ2) is 6.62. The summed E-state index contributed by atoms with van der Waals surface area (Å²) >= 11 is 0. The van der Waals surface area contributed by atoms with E-state index in [0.717, 1.165) is 19.5 Å². The van der Waals surface area contributed by atoms with Crippen LogP contribution >= 0.6 is 0 Å². The summed E-state index contributed by atoms with van der Waals surface area (Å²) < 4.78 is 0. The van der Waals surface area contributed by atoms with Crippen LogP contribution in [-0.2, 0) is 4.79 Å². The fourth-order valence-electron chi connectivity index (χ4n) is 0.733. The number of carbonyl (C=O) groups is 1. The molecule has 0 spiro atoms. The minimum Gasteiger partial charge on any atom is -0.309 e. The lowest BCUT2D eigenvalue weighted by atomic mass is 10.3. The van der Waals surface area contributed by atoms with Gasteiger partial charge in [0.25, 0.3) is 5.91 Å². The van der Waals surface area contributed by atoms with Gasteiger partial charge in [0.1, 0.15) is 0 Å². The Hall–Kier alpha value is -0.870. The average molecular weight is 185 g/mol. The third-order valence-corrected chi connectivity index (χ3v) is 1.50. The third kappa shape index (κ3) is 7.49. The smallest absolute Gasteiger partial charge is 0.260 e. The molecule has 0 aromatic carbocycles. The van der Waals surface area contributed by atoms with Crippen LogP contribution in [0.25, 0.3) is 0 Å². The summed E-state index contributed by atoms with van der Waals surface area (Å²) in [5.41, 5.74) is 5.90. The van der Waals surface area contributed by atoms with E-state index in [1.165, 1.54) is 0 Å². The van der Waals surface area contributed by atoms with Crippen LogP contribution in [0.1, 0.15) is 13.3 Å². The fourth-order valence-corrected chi connectivity index (χ4v) is 0.733. The van der Waals surface area contributed by atoms with E-state index in [-0.39, 0.29) is 5.91 Å². The van der Waals surface area contributed by atoms with Crippen molar-refractivity contribution in [3.05, 3.63) is 12.2 Å². The van der Waals surface area contributed by atoms with E-state index in [0.29, 0.717) is 5.57 Å². The highest BCUT2D eigenvalue weighted by atomic mass is 16.2. The first-order chi connectivity index (χ1) is 6.04. The van der Waals surface area contributed by atoms with Gasteiger partial charge in [0.15, 0.2) is 0 Å². The van der Waals surface area contributed by atoms with Crippen molar-refractivity contribution in [2.45, 2.75) is 13.3 Å². The highest BCUT2D eigenvalue weighted by molar-refractivity contribution is 5.91. The van der Waals surface area contributed by atoms with E-state index in [1.54, 1.807) is 6.92 Å². The Morgan fingerprint density at radius 3 is 2.54 bits per heavy atom. The predicted octanol–water partition coefficient (Wildman–Crippen LogP) is 0.135. The van der Waals surface area contributed by atoms with Crippen LogP contribution in [0.15, 0.2) is 12.2 Å². The lowest BCUT2D eigenvalue weighted by Gasteiger charge is -2.10. The zero-order valence-corrected chi connectivity index (χ0v) is 8.68. The molecule has 0 rings (SSSR count). The first kappa shape index (κ1) is 12.1. The number of amides is 1. The lowest BCUT2D eigenvalue weighted by Crippen LogP contribution is -2.38. The molecule has 2 N–H and O–H groups in total. The highest BCUT2D eigenvalue weighted by Crippen LogP contribution is 1.83. The summed E-state index contributed by atoms with van der Waals surface area (Å²) in [6.45, 7) is 6.98. The SMILES string of the molecule is C=C(C)C(=O)NNCCCN(C)C. The molecule has 0 aromatic heterocycles. The van der Waals surface area contributed by atoms with Gasteiger partial charge in [-0.2, -0.15) is 0 Å². The maximum absolute atomic E-state index is 11.0. The lowest BCUT2D eigenvalue weighted by molar-refractivity contribution is -0.118. The van der Waals surface area contributed by atoms with Gasteiger partial charge in [-0.05, 0) is 34.0 Å². The molecule has 0 aliphatic heterocycles. The minimum absolute atomic E-state index is 0.148. The van der Waals surface area contributed by atoms with Gasteiger partial charge < -0.3 is 4.90 Å². The van der Waals surface area contributed by atoms with Crippen LogP contribution in [0.5, 0.6) is 0 Å². The Morgan fingerprint density at radius 2 is 2.08 bits per heavy atom. The maximum Gasteiger partial charge on any atom is 0.260 e. The molecule has 1 amide bonds. The molecule has 0 aromatic rings. The number of hydrogen-bond donors (Lipinski definition) is 2. The molecular formula is C9H19N3O. The van der Waals surface area contributed by atoms with Crippen molar-refractivity contribution < 1.29 is 4.79 Å². The highest BCUT2D eigenvalue weighted by Gasteiger charge is 1.98. The first-order valence-corrected chi connectivity index (χ1v) is 4.37. The summed E-state index contributed by atoms with van der Waals surface area (Å²) in [4.78, 5) is 13.1. The van der Waals surface area contributed by atoms with E-state index >= 15 is 0 Å². The zero-order chi connectivity index (χ0) is 10.3.